The third-order valence-corrected chi connectivity index (χ3v) is 4.66. The van der Waals surface area contributed by atoms with E-state index in [4.69, 9.17) is 9.47 Å². The first-order valence-corrected chi connectivity index (χ1v) is 10.8. The van der Waals surface area contributed by atoms with E-state index in [1.165, 1.54) is 0 Å². The number of carbonyl (C=O) groups excluding carboxylic acids is 2. The Labute approximate surface area is 188 Å². The molecule has 0 aliphatic carbocycles. The van der Waals surface area contributed by atoms with Crippen molar-refractivity contribution in [3.8, 4) is 11.5 Å². The van der Waals surface area contributed by atoms with Gasteiger partial charge in [-0.05, 0) is 55.0 Å². The van der Waals surface area contributed by atoms with E-state index in [0.717, 1.165) is 18.6 Å². The van der Waals surface area contributed by atoms with E-state index < -0.39 is 0 Å². The van der Waals surface area contributed by atoms with Gasteiger partial charge in [0.05, 0.1) is 0 Å². The van der Waals surface area contributed by atoms with E-state index in [-0.39, 0.29) is 11.8 Å². The minimum absolute atomic E-state index is 0.150. The van der Waals surface area contributed by atoms with Gasteiger partial charge in [0.15, 0.2) is 0 Å². The summed E-state index contributed by atoms with van der Waals surface area (Å²) >= 11 is 0. The molecule has 0 bridgehead atoms. The number of nitrogens with one attached hydrogen (secondary N) is 2. The van der Waals surface area contributed by atoms with Crippen LogP contribution in [0.3, 0.4) is 0 Å². The van der Waals surface area contributed by atoms with Crippen LogP contribution in [0, 0.1) is 0 Å². The Bertz CT molecular complexity index is 1020. The molecule has 0 heterocycles. The summed E-state index contributed by atoms with van der Waals surface area (Å²) in [6.07, 6.45) is 1.94. The lowest BCUT2D eigenvalue weighted by atomic mass is 10.1. The van der Waals surface area contributed by atoms with Gasteiger partial charge in [-0.1, -0.05) is 43.7 Å². The Hall–Kier alpha value is -3.80. The van der Waals surface area contributed by atoms with Crippen LogP contribution < -0.4 is 20.1 Å². The van der Waals surface area contributed by atoms with Crippen LogP contribution in [0.25, 0.3) is 0 Å². The van der Waals surface area contributed by atoms with Crippen LogP contribution in [0.4, 0.5) is 5.69 Å². The molecule has 0 unspecified atom stereocenters. The fourth-order valence-corrected chi connectivity index (χ4v) is 2.99. The van der Waals surface area contributed by atoms with Crippen LogP contribution in [0.15, 0.2) is 78.9 Å². The minimum atomic E-state index is -0.278. The lowest BCUT2D eigenvalue weighted by Crippen LogP contribution is -2.24. The molecule has 2 N–H and O–H groups in total. The van der Waals surface area contributed by atoms with Gasteiger partial charge in [0, 0.05) is 23.4 Å². The lowest BCUT2D eigenvalue weighted by molar-refractivity contribution is 0.0951. The molecule has 0 aromatic heterocycles. The summed E-state index contributed by atoms with van der Waals surface area (Å²) in [7, 11) is 0. The molecule has 3 aromatic rings. The van der Waals surface area contributed by atoms with Crippen LogP contribution in [0.5, 0.6) is 11.5 Å². The predicted molar refractivity (Wildman–Crippen MR) is 126 cm³/mol. The molecular formula is C26H28N2O4. The fraction of sp³-hybridized carbons (Fsp3) is 0.231. The molecule has 32 heavy (non-hydrogen) atoms. The molecule has 6 nitrogen and oxygen atoms in total. The van der Waals surface area contributed by atoms with Crippen LogP contribution in [-0.2, 0) is 0 Å². The van der Waals surface area contributed by atoms with Gasteiger partial charge in [-0.15, -0.1) is 0 Å². The summed E-state index contributed by atoms with van der Waals surface area (Å²) in [6.45, 7) is 3.46. The van der Waals surface area contributed by atoms with Crippen molar-refractivity contribution < 1.29 is 19.1 Å². The Morgan fingerprint density at radius 2 is 1.41 bits per heavy atom. The first kappa shape index (κ1) is 22.9. The van der Waals surface area contributed by atoms with Gasteiger partial charge in [0.2, 0.25) is 0 Å². The molecule has 166 valence electrons. The maximum atomic E-state index is 12.7. The topological polar surface area (TPSA) is 76.7 Å². The first-order valence-electron chi connectivity index (χ1n) is 10.8. The predicted octanol–water partition coefficient (Wildman–Crippen LogP) is 4.93. The van der Waals surface area contributed by atoms with Crippen LogP contribution in [0.1, 0.15) is 40.5 Å². The molecule has 6 heteroatoms. The van der Waals surface area contributed by atoms with Crippen molar-refractivity contribution in [2.45, 2.75) is 19.8 Å². The Morgan fingerprint density at radius 3 is 2.16 bits per heavy atom. The summed E-state index contributed by atoms with van der Waals surface area (Å²) in [6, 6.07) is 23.4. The summed E-state index contributed by atoms with van der Waals surface area (Å²) in [5.74, 6) is 0.936. The summed E-state index contributed by atoms with van der Waals surface area (Å²) in [5, 5.41) is 5.71. The van der Waals surface area contributed by atoms with Gasteiger partial charge in [0.25, 0.3) is 11.8 Å². The summed E-state index contributed by atoms with van der Waals surface area (Å²) in [5.41, 5.74) is 1.53. The monoisotopic (exact) mass is 432 g/mol. The number of carbonyl (C=O) groups is 2. The quantitative estimate of drug-likeness (QED) is 0.422. The van der Waals surface area contributed by atoms with Crippen molar-refractivity contribution >= 4 is 17.5 Å². The summed E-state index contributed by atoms with van der Waals surface area (Å²) < 4.78 is 11.3. The van der Waals surface area contributed by atoms with E-state index in [0.29, 0.717) is 42.3 Å². The number of rotatable bonds is 11. The molecule has 0 aliphatic heterocycles. The first-order chi connectivity index (χ1) is 15.7. The number of amides is 2. The summed E-state index contributed by atoms with van der Waals surface area (Å²) in [4.78, 5) is 24.9. The molecule has 0 atom stereocenters. The zero-order chi connectivity index (χ0) is 22.6. The number of hydrogen-bond donors (Lipinski definition) is 2. The number of ether oxygens (including phenoxy) is 2. The van der Waals surface area contributed by atoms with Crippen molar-refractivity contribution in [1.82, 2.24) is 5.32 Å². The van der Waals surface area contributed by atoms with Crippen molar-refractivity contribution in [1.29, 1.82) is 0 Å². The second kappa shape index (κ2) is 12.2. The molecule has 0 saturated carbocycles. The average molecular weight is 433 g/mol. The van der Waals surface area contributed by atoms with Gasteiger partial charge in [0.1, 0.15) is 24.7 Å². The lowest BCUT2D eigenvalue weighted by Gasteiger charge is -2.10. The second-order valence-electron chi connectivity index (χ2n) is 7.18. The molecular weight excluding hydrogens is 404 g/mol. The maximum absolute atomic E-state index is 12.7. The number of hydrogen-bond acceptors (Lipinski definition) is 4. The Balaban J connectivity index is 1.53. The van der Waals surface area contributed by atoms with Crippen LogP contribution in [-0.4, -0.2) is 31.6 Å². The standard InChI is InChI=1S/C26H28N2O4/c1-2-3-15-27-25(29)20-9-7-11-22(18-20)28-26(30)21-10-8-14-24(19-21)32-17-16-31-23-12-5-4-6-13-23/h4-14,18-19H,2-3,15-17H2,1H3,(H,27,29)(H,28,30). The highest BCUT2D eigenvalue weighted by Crippen LogP contribution is 2.17. The largest absolute Gasteiger partial charge is 0.490 e. The normalized spacial score (nSPS) is 10.3. The highest BCUT2D eigenvalue weighted by molar-refractivity contribution is 6.05. The number of anilines is 1. The number of para-hydroxylation sites is 1. The van der Waals surface area contributed by atoms with Crippen LogP contribution >= 0.6 is 0 Å². The van der Waals surface area contributed by atoms with Gasteiger partial charge in [-0.3, -0.25) is 9.59 Å². The molecule has 0 radical (unpaired) electrons. The molecule has 0 spiro atoms. The van der Waals surface area contributed by atoms with Crippen molar-refractivity contribution in [2.75, 3.05) is 25.1 Å². The third kappa shape index (κ3) is 7.16. The highest BCUT2D eigenvalue weighted by atomic mass is 16.5. The molecule has 0 saturated heterocycles. The Kier molecular flexibility index (Phi) is 8.69. The van der Waals surface area contributed by atoms with E-state index in [9.17, 15) is 9.59 Å². The van der Waals surface area contributed by atoms with Crippen molar-refractivity contribution in [3.05, 3.63) is 90.0 Å². The van der Waals surface area contributed by atoms with Gasteiger partial charge in [-0.25, -0.2) is 0 Å². The van der Waals surface area contributed by atoms with Gasteiger partial charge < -0.3 is 20.1 Å². The van der Waals surface area contributed by atoms with Crippen molar-refractivity contribution in [2.24, 2.45) is 0 Å². The third-order valence-electron chi connectivity index (χ3n) is 4.66. The van der Waals surface area contributed by atoms with Crippen molar-refractivity contribution in [3.63, 3.8) is 0 Å². The fourth-order valence-electron chi connectivity index (χ4n) is 2.99. The second-order valence-corrected chi connectivity index (χ2v) is 7.18. The van der Waals surface area contributed by atoms with E-state index in [1.807, 2.05) is 30.3 Å². The molecule has 2 amide bonds. The highest BCUT2D eigenvalue weighted by Gasteiger charge is 2.10. The zero-order valence-corrected chi connectivity index (χ0v) is 18.2. The maximum Gasteiger partial charge on any atom is 0.255 e. The van der Waals surface area contributed by atoms with E-state index >= 15 is 0 Å². The zero-order valence-electron chi connectivity index (χ0n) is 18.2. The number of unbranched alkanes of at least 4 members (excludes halogenated alkanes) is 1. The van der Waals surface area contributed by atoms with E-state index in [2.05, 4.69) is 17.6 Å². The molecule has 3 rings (SSSR count). The van der Waals surface area contributed by atoms with Gasteiger partial charge >= 0.3 is 0 Å². The molecule has 0 aliphatic rings. The van der Waals surface area contributed by atoms with Crippen LogP contribution in [0.2, 0.25) is 0 Å². The smallest absolute Gasteiger partial charge is 0.255 e. The Morgan fingerprint density at radius 1 is 0.750 bits per heavy atom. The average Bonchev–Trinajstić information content (AvgIpc) is 2.83. The molecule has 0 fully saturated rings. The van der Waals surface area contributed by atoms with E-state index in [1.54, 1.807) is 48.5 Å². The SMILES string of the molecule is CCCCNC(=O)c1cccc(NC(=O)c2cccc(OCCOc3ccccc3)c2)c1. The molecule has 3 aromatic carbocycles. The minimum Gasteiger partial charge on any atom is -0.490 e. The number of benzene rings is 3. The van der Waals surface area contributed by atoms with Gasteiger partial charge in [-0.2, -0.15) is 0 Å².